The number of carbonyl (C=O) groups is 1. The number of nitrogens with zero attached hydrogens (tertiary/aromatic N) is 7. The molecule has 0 aliphatic carbocycles. The van der Waals surface area contributed by atoms with Crippen molar-refractivity contribution in [2.45, 2.75) is 38.4 Å². The highest BCUT2D eigenvalue weighted by atomic mass is 19.4. The van der Waals surface area contributed by atoms with Gasteiger partial charge in [0, 0.05) is 31.0 Å². The van der Waals surface area contributed by atoms with Crippen LogP contribution in [0.3, 0.4) is 0 Å². The van der Waals surface area contributed by atoms with E-state index >= 15 is 0 Å². The fourth-order valence-electron chi connectivity index (χ4n) is 4.40. The van der Waals surface area contributed by atoms with Crippen LogP contribution < -0.4 is 4.90 Å². The first-order valence-electron chi connectivity index (χ1n) is 11.5. The maximum atomic E-state index is 13.4. The fourth-order valence-corrected chi connectivity index (χ4v) is 4.40. The van der Waals surface area contributed by atoms with Crippen molar-refractivity contribution in [1.29, 1.82) is 0 Å². The highest BCUT2D eigenvalue weighted by molar-refractivity contribution is 5.90. The van der Waals surface area contributed by atoms with E-state index in [1.165, 1.54) is 6.07 Å². The molecule has 1 aliphatic rings. The zero-order valence-electron chi connectivity index (χ0n) is 19.3. The summed E-state index contributed by atoms with van der Waals surface area (Å²) in [5.41, 5.74) is 0.623. The smallest absolute Gasteiger partial charge is 0.417 e. The molecule has 1 aliphatic heterocycles. The zero-order valence-corrected chi connectivity index (χ0v) is 19.3. The van der Waals surface area contributed by atoms with Crippen LogP contribution in [-0.4, -0.2) is 54.1 Å². The molecular weight excluding hydrogens is 475 g/mol. The van der Waals surface area contributed by atoms with E-state index in [-0.39, 0.29) is 17.3 Å². The minimum atomic E-state index is -4.81. The first kappa shape index (κ1) is 23.6. The van der Waals surface area contributed by atoms with Crippen LogP contribution in [0, 0.1) is 0 Å². The Labute approximate surface area is 203 Å². The van der Waals surface area contributed by atoms with Crippen molar-refractivity contribution in [2.75, 3.05) is 18.0 Å². The van der Waals surface area contributed by atoms with Crippen molar-refractivity contribution in [3.8, 4) is 11.3 Å². The van der Waals surface area contributed by atoms with Gasteiger partial charge in [0.2, 0.25) is 5.95 Å². The van der Waals surface area contributed by atoms with E-state index in [4.69, 9.17) is 5.11 Å². The number of aromatic nitrogens is 6. The first-order valence-corrected chi connectivity index (χ1v) is 11.5. The van der Waals surface area contributed by atoms with Gasteiger partial charge in [-0.25, -0.2) is 19.4 Å². The summed E-state index contributed by atoms with van der Waals surface area (Å²) < 4.78 is 42.1. The summed E-state index contributed by atoms with van der Waals surface area (Å²) in [5, 5.41) is 17.6. The molecule has 186 valence electrons. The second-order valence-corrected chi connectivity index (χ2v) is 8.62. The number of aryl methyl sites for hydroxylation is 1. The van der Waals surface area contributed by atoms with Crippen LogP contribution in [0.5, 0.6) is 0 Å². The van der Waals surface area contributed by atoms with Gasteiger partial charge >= 0.3 is 12.1 Å². The molecule has 0 radical (unpaired) electrons. The van der Waals surface area contributed by atoms with Crippen molar-refractivity contribution in [3.05, 3.63) is 59.5 Å². The minimum absolute atomic E-state index is 0.0838. The third-order valence-electron chi connectivity index (χ3n) is 6.40. The third-order valence-corrected chi connectivity index (χ3v) is 6.40. The topological polar surface area (TPSA) is 110 Å². The Morgan fingerprint density at radius 3 is 2.44 bits per heavy atom. The summed E-state index contributed by atoms with van der Waals surface area (Å²) in [4.78, 5) is 26.6. The number of pyridine rings is 1. The summed E-state index contributed by atoms with van der Waals surface area (Å²) in [6.07, 6.45) is 2.89. The van der Waals surface area contributed by atoms with E-state index in [0.29, 0.717) is 17.0 Å². The Morgan fingerprint density at radius 2 is 1.81 bits per heavy atom. The van der Waals surface area contributed by atoms with E-state index in [9.17, 15) is 18.0 Å². The van der Waals surface area contributed by atoms with Crippen LogP contribution in [0.2, 0.25) is 0 Å². The van der Waals surface area contributed by atoms with Crippen LogP contribution in [0.4, 0.5) is 19.1 Å². The predicted octanol–water partition coefficient (Wildman–Crippen LogP) is 4.40. The Morgan fingerprint density at radius 1 is 1.08 bits per heavy atom. The van der Waals surface area contributed by atoms with Crippen LogP contribution in [0.15, 0.2) is 42.9 Å². The summed E-state index contributed by atoms with van der Waals surface area (Å²) in [6, 6.07) is 4.69. The Bertz CT molecular complexity index is 1410. The van der Waals surface area contributed by atoms with Crippen molar-refractivity contribution in [2.24, 2.45) is 0 Å². The van der Waals surface area contributed by atoms with Crippen LogP contribution in [-0.2, 0) is 12.6 Å². The Kier molecular flexibility index (Phi) is 6.02. The molecular formula is C24H22F3N7O2. The summed E-state index contributed by atoms with van der Waals surface area (Å²) in [6.45, 7) is 3.55. The molecule has 1 N–H and O–H groups in total. The molecule has 9 nitrogen and oxygen atoms in total. The maximum absolute atomic E-state index is 13.4. The molecule has 0 atom stereocenters. The van der Waals surface area contributed by atoms with E-state index in [1.807, 2.05) is 12.4 Å². The van der Waals surface area contributed by atoms with Gasteiger partial charge in [-0.15, -0.1) is 5.10 Å². The molecule has 5 rings (SSSR count). The minimum Gasteiger partial charge on any atom is -0.478 e. The molecule has 1 saturated heterocycles. The lowest BCUT2D eigenvalue weighted by Crippen LogP contribution is -2.36. The van der Waals surface area contributed by atoms with Gasteiger partial charge in [-0.2, -0.15) is 13.2 Å². The second kappa shape index (κ2) is 9.17. The number of fused-ring (bicyclic) bond motifs is 1. The lowest BCUT2D eigenvalue weighted by atomic mass is 10.0. The zero-order chi connectivity index (χ0) is 25.4. The van der Waals surface area contributed by atoms with Gasteiger partial charge in [0.1, 0.15) is 11.0 Å². The van der Waals surface area contributed by atoms with E-state index in [2.05, 4.69) is 37.1 Å². The van der Waals surface area contributed by atoms with Crippen molar-refractivity contribution < 1.29 is 23.1 Å². The molecule has 4 aromatic rings. The van der Waals surface area contributed by atoms with Crippen LogP contribution in [0.1, 0.15) is 47.3 Å². The largest absolute Gasteiger partial charge is 0.478 e. The van der Waals surface area contributed by atoms with Gasteiger partial charge in [-0.05, 0) is 43.0 Å². The number of hydrogen-bond donors (Lipinski definition) is 1. The van der Waals surface area contributed by atoms with E-state index < -0.39 is 23.3 Å². The second-order valence-electron chi connectivity index (χ2n) is 8.62. The van der Waals surface area contributed by atoms with Crippen LogP contribution >= 0.6 is 0 Å². The highest BCUT2D eigenvalue weighted by Crippen LogP contribution is 2.35. The lowest BCUT2D eigenvalue weighted by molar-refractivity contribution is -0.138. The van der Waals surface area contributed by atoms with E-state index in [1.54, 1.807) is 16.9 Å². The normalized spacial score (nSPS) is 14.9. The maximum Gasteiger partial charge on any atom is 0.417 e. The number of hydrogen-bond acceptors (Lipinski definition) is 7. The monoisotopic (exact) mass is 497 g/mol. The van der Waals surface area contributed by atoms with Gasteiger partial charge < -0.3 is 10.0 Å². The Balaban J connectivity index is 1.36. The molecule has 12 heteroatoms. The number of benzene rings is 1. The standard InChI is InChI=1S/C24H22F3N7O2/c1-2-14-11-29-23(30-12-14)33-7-5-16(6-8-33)34-21-13-28-19(10-20(21)31-32-34)15-3-4-17(22(35)36)18(9-15)24(25,26)27/h3-4,9-13,16H,2,5-8H2,1H3,(H,35,36). The van der Waals surface area contributed by atoms with Crippen molar-refractivity contribution in [1.82, 2.24) is 29.9 Å². The summed E-state index contributed by atoms with van der Waals surface area (Å²) in [5.74, 6) is -0.941. The van der Waals surface area contributed by atoms with E-state index in [0.717, 1.165) is 50.0 Å². The average molecular weight is 497 g/mol. The Hall–Kier alpha value is -4.09. The third kappa shape index (κ3) is 4.45. The molecule has 4 heterocycles. The summed E-state index contributed by atoms with van der Waals surface area (Å²) in [7, 11) is 0. The number of carboxylic acids is 1. The number of anilines is 1. The highest BCUT2D eigenvalue weighted by Gasteiger charge is 2.35. The SMILES string of the molecule is CCc1cnc(N2CCC(n3nnc4cc(-c5ccc(C(=O)O)c(C(F)(F)F)c5)ncc43)CC2)nc1. The van der Waals surface area contributed by atoms with Gasteiger partial charge in [0.15, 0.2) is 0 Å². The number of aromatic carboxylic acids is 1. The molecule has 3 aromatic heterocycles. The number of rotatable bonds is 5. The molecule has 1 aromatic carbocycles. The van der Waals surface area contributed by atoms with Gasteiger partial charge in [0.25, 0.3) is 0 Å². The first-order chi connectivity index (χ1) is 17.2. The summed E-state index contributed by atoms with van der Waals surface area (Å²) >= 11 is 0. The fraction of sp³-hybridized carbons (Fsp3) is 0.333. The predicted molar refractivity (Wildman–Crippen MR) is 125 cm³/mol. The average Bonchev–Trinajstić information content (AvgIpc) is 3.31. The number of halogens is 3. The number of alkyl halides is 3. The molecule has 0 bridgehead atoms. The van der Waals surface area contributed by atoms with Gasteiger partial charge in [-0.1, -0.05) is 18.2 Å². The van der Waals surface area contributed by atoms with Crippen molar-refractivity contribution >= 4 is 23.0 Å². The molecule has 0 spiro atoms. The van der Waals surface area contributed by atoms with Gasteiger partial charge in [0.05, 0.1) is 29.1 Å². The molecule has 0 saturated carbocycles. The molecule has 0 unspecified atom stereocenters. The molecule has 0 amide bonds. The number of piperidine rings is 1. The quantitative estimate of drug-likeness (QED) is 0.432. The van der Waals surface area contributed by atoms with Crippen LogP contribution in [0.25, 0.3) is 22.3 Å². The molecule has 1 fully saturated rings. The molecule has 36 heavy (non-hydrogen) atoms. The number of carboxylic acid groups (broad SMARTS) is 1. The van der Waals surface area contributed by atoms with Gasteiger partial charge in [-0.3, -0.25) is 4.98 Å². The lowest BCUT2D eigenvalue weighted by Gasteiger charge is -2.32. The van der Waals surface area contributed by atoms with Crippen molar-refractivity contribution in [3.63, 3.8) is 0 Å².